The van der Waals surface area contributed by atoms with Crippen molar-refractivity contribution >= 4 is 22.4 Å². The summed E-state index contributed by atoms with van der Waals surface area (Å²) in [5, 5.41) is 9.10. The largest absolute Gasteiger partial charge is 0.338 e. The van der Waals surface area contributed by atoms with Crippen molar-refractivity contribution in [3.63, 3.8) is 0 Å². The molecule has 3 aromatic rings. The smallest absolute Gasteiger partial charge is 0.243 e. The summed E-state index contributed by atoms with van der Waals surface area (Å²) in [4.78, 5) is 26.4. The van der Waals surface area contributed by atoms with Gasteiger partial charge in [0.15, 0.2) is 5.13 Å². The molecule has 1 N–H and O–H groups in total. The fourth-order valence-electron chi connectivity index (χ4n) is 1.98. The first-order chi connectivity index (χ1) is 11.6. The van der Waals surface area contributed by atoms with Gasteiger partial charge in [0.1, 0.15) is 0 Å². The molecule has 1 atom stereocenters. The van der Waals surface area contributed by atoms with Crippen molar-refractivity contribution < 1.29 is 9.32 Å². The number of aromatic nitrogens is 4. The highest BCUT2D eigenvalue weighted by Gasteiger charge is 2.21. The number of thiazole rings is 1. The number of pyridine rings is 1. The maximum atomic E-state index is 12.2. The van der Waals surface area contributed by atoms with Crippen LogP contribution in [-0.2, 0) is 11.3 Å². The molecule has 0 saturated heterocycles. The molecule has 3 rings (SSSR count). The number of nitrogens with one attached hydrogen (secondary N) is 1. The summed E-state index contributed by atoms with van der Waals surface area (Å²) in [5.74, 6) is 0.774. The topological polar surface area (TPSA) is 97.0 Å². The van der Waals surface area contributed by atoms with Gasteiger partial charge in [-0.2, -0.15) is 4.98 Å². The predicted octanol–water partition coefficient (Wildman–Crippen LogP) is 2.05. The lowest BCUT2D eigenvalue weighted by Crippen LogP contribution is -2.39. The molecular formula is C15H16N6O2S. The summed E-state index contributed by atoms with van der Waals surface area (Å²) in [7, 11) is 1.82. The number of carbonyl (C=O) groups is 1. The van der Waals surface area contributed by atoms with Gasteiger partial charge < -0.3 is 9.84 Å². The van der Waals surface area contributed by atoms with Gasteiger partial charge in [-0.3, -0.25) is 14.7 Å². The minimum absolute atomic E-state index is 0.139. The van der Waals surface area contributed by atoms with Gasteiger partial charge in [-0.25, -0.2) is 4.98 Å². The zero-order valence-electron chi connectivity index (χ0n) is 13.2. The fraction of sp³-hybridized carbons (Fsp3) is 0.267. The van der Waals surface area contributed by atoms with Crippen LogP contribution in [0.4, 0.5) is 5.13 Å². The zero-order chi connectivity index (χ0) is 16.9. The average molecular weight is 344 g/mol. The maximum Gasteiger partial charge on any atom is 0.243 e. The minimum atomic E-state index is -0.373. The van der Waals surface area contributed by atoms with E-state index in [0.717, 1.165) is 5.56 Å². The van der Waals surface area contributed by atoms with E-state index in [1.165, 1.54) is 11.3 Å². The van der Waals surface area contributed by atoms with E-state index in [4.69, 9.17) is 4.52 Å². The normalized spacial score (nSPS) is 12.3. The highest BCUT2D eigenvalue weighted by atomic mass is 32.1. The third kappa shape index (κ3) is 3.81. The average Bonchev–Trinajstić information content (AvgIpc) is 3.27. The Morgan fingerprint density at radius 3 is 3.04 bits per heavy atom. The SMILES string of the molecule is CC(C(=O)Nc1nccs1)N(C)Cc1nc(-c2cccnc2)no1. The van der Waals surface area contributed by atoms with Crippen LogP contribution in [0.15, 0.2) is 40.6 Å². The number of rotatable bonds is 6. The Labute approximate surface area is 142 Å². The molecule has 0 fully saturated rings. The van der Waals surface area contributed by atoms with Crippen LogP contribution in [-0.4, -0.2) is 44.0 Å². The minimum Gasteiger partial charge on any atom is -0.338 e. The monoisotopic (exact) mass is 344 g/mol. The van der Waals surface area contributed by atoms with Crippen molar-refractivity contribution in [1.29, 1.82) is 0 Å². The number of likely N-dealkylation sites (N-methyl/N-ethyl adjacent to an activating group) is 1. The Morgan fingerprint density at radius 2 is 2.33 bits per heavy atom. The number of carbonyl (C=O) groups excluding carboxylic acids is 1. The molecule has 124 valence electrons. The van der Waals surface area contributed by atoms with E-state index in [0.29, 0.717) is 23.4 Å². The van der Waals surface area contributed by atoms with Gasteiger partial charge >= 0.3 is 0 Å². The molecule has 1 amide bonds. The van der Waals surface area contributed by atoms with Crippen LogP contribution in [0.5, 0.6) is 0 Å². The van der Waals surface area contributed by atoms with E-state index < -0.39 is 0 Å². The van der Waals surface area contributed by atoms with Crippen LogP contribution in [0.25, 0.3) is 11.4 Å². The van der Waals surface area contributed by atoms with Crippen molar-refractivity contribution in [1.82, 2.24) is 25.0 Å². The van der Waals surface area contributed by atoms with Gasteiger partial charge in [-0.1, -0.05) is 5.16 Å². The molecule has 0 bridgehead atoms. The number of hydrogen-bond acceptors (Lipinski definition) is 8. The molecule has 0 aliphatic heterocycles. The number of hydrogen-bond donors (Lipinski definition) is 1. The van der Waals surface area contributed by atoms with Gasteiger partial charge in [0.2, 0.25) is 17.6 Å². The van der Waals surface area contributed by atoms with E-state index in [2.05, 4.69) is 25.4 Å². The molecule has 1 unspecified atom stereocenters. The third-order valence-electron chi connectivity index (χ3n) is 3.48. The second-order valence-electron chi connectivity index (χ2n) is 5.17. The summed E-state index contributed by atoms with van der Waals surface area (Å²) in [6.45, 7) is 2.17. The van der Waals surface area contributed by atoms with Crippen LogP contribution in [0, 0.1) is 0 Å². The summed E-state index contributed by atoms with van der Waals surface area (Å²) < 4.78 is 5.25. The van der Waals surface area contributed by atoms with E-state index >= 15 is 0 Å². The van der Waals surface area contributed by atoms with E-state index in [9.17, 15) is 4.79 Å². The molecule has 9 heteroatoms. The molecular weight excluding hydrogens is 328 g/mol. The second-order valence-corrected chi connectivity index (χ2v) is 6.07. The molecule has 3 aromatic heterocycles. The van der Waals surface area contributed by atoms with Crippen molar-refractivity contribution in [2.24, 2.45) is 0 Å². The first-order valence-electron chi connectivity index (χ1n) is 7.27. The van der Waals surface area contributed by atoms with Gasteiger partial charge in [-0.15, -0.1) is 11.3 Å². The Hall–Kier alpha value is -2.65. The lowest BCUT2D eigenvalue weighted by atomic mass is 10.2. The Balaban J connectivity index is 1.61. The van der Waals surface area contributed by atoms with Crippen LogP contribution >= 0.6 is 11.3 Å². The van der Waals surface area contributed by atoms with Crippen molar-refractivity contribution in [2.75, 3.05) is 12.4 Å². The highest BCUT2D eigenvalue weighted by Crippen LogP contribution is 2.16. The van der Waals surface area contributed by atoms with Gasteiger partial charge in [0.25, 0.3) is 0 Å². The van der Waals surface area contributed by atoms with Gasteiger partial charge in [0.05, 0.1) is 12.6 Å². The van der Waals surface area contributed by atoms with E-state index in [1.807, 2.05) is 29.5 Å². The van der Waals surface area contributed by atoms with Crippen LogP contribution in [0.2, 0.25) is 0 Å². The lowest BCUT2D eigenvalue weighted by Gasteiger charge is -2.21. The Kier molecular flexibility index (Phi) is 4.92. The second kappa shape index (κ2) is 7.28. The van der Waals surface area contributed by atoms with Crippen molar-refractivity contribution in [2.45, 2.75) is 19.5 Å². The molecule has 0 spiro atoms. The molecule has 0 aliphatic rings. The number of anilines is 1. The first kappa shape index (κ1) is 16.2. The quantitative estimate of drug-likeness (QED) is 0.731. The molecule has 24 heavy (non-hydrogen) atoms. The molecule has 0 aliphatic carbocycles. The lowest BCUT2D eigenvalue weighted by molar-refractivity contribution is -0.120. The van der Waals surface area contributed by atoms with Crippen molar-refractivity contribution in [3.8, 4) is 11.4 Å². The number of nitrogens with zero attached hydrogens (tertiary/aromatic N) is 5. The number of amides is 1. The van der Waals surface area contributed by atoms with Crippen LogP contribution in [0.1, 0.15) is 12.8 Å². The van der Waals surface area contributed by atoms with E-state index in [-0.39, 0.29) is 11.9 Å². The summed E-state index contributed by atoms with van der Waals surface area (Å²) in [5.41, 5.74) is 0.782. The van der Waals surface area contributed by atoms with Crippen LogP contribution in [0.3, 0.4) is 0 Å². The van der Waals surface area contributed by atoms with E-state index in [1.54, 1.807) is 25.5 Å². The first-order valence-corrected chi connectivity index (χ1v) is 8.15. The fourth-order valence-corrected chi connectivity index (χ4v) is 2.51. The third-order valence-corrected chi connectivity index (χ3v) is 4.16. The predicted molar refractivity (Wildman–Crippen MR) is 89.2 cm³/mol. The highest BCUT2D eigenvalue weighted by molar-refractivity contribution is 7.13. The molecule has 0 saturated carbocycles. The molecule has 0 aromatic carbocycles. The molecule has 0 radical (unpaired) electrons. The Morgan fingerprint density at radius 1 is 1.46 bits per heavy atom. The maximum absolute atomic E-state index is 12.2. The van der Waals surface area contributed by atoms with Crippen molar-refractivity contribution in [3.05, 3.63) is 42.0 Å². The standard InChI is InChI=1S/C15H16N6O2S/c1-10(14(22)19-15-17-6-7-24-15)21(2)9-12-18-13(20-23-12)11-4-3-5-16-8-11/h3-8,10H,9H2,1-2H3,(H,17,19,22). The summed E-state index contributed by atoms with van der Waals surface area (Å²) >= 11 is 1.38. The molecule has 3 heterocycles. The summed E-state index contributed by atoms with van der Waals surface area (Å²) in [6.07, 6.45) is 5.00. The Bertz CT molecular complexity index is 789. The molecule has 8 nitrogen and oxygen atoms in total. The summed E-state index contributed by atoms with van der Waals surface area (Å²) in [6, 6.07) is 3.29. The van der Waals surface area contributed by atoms with Crippen LogP contribution < -0.4 is 5.32 Å². The zero-order valence-corrected chi connectivity index (χ0v) is 14.0. The van der Waals surface area contributed by atoms with Gasteiger partial charge in [0, 0.05) is 29.5 Å². The van der Waals surface area contributed by atoms with Gasteiger partial charge in [-0.05, 0) is 26.1 Å².